The molecule has 0 aliphatic rings. The van der Waals surface area contributed by atoms with Crippen molar-refractivity contribution in [3.8, 4) is 0 Å². The minimum atomic E-state index is -0.341. The van der Waals surface area contributed by atoms with Crippen molar-refractivity contribution in [2.45, 2.75) is 32.9 Å². The predicted octanol–water partition coefficient (Wildman–Crippen LogP) is 1.88. The van der Waals surface area contributed by atoms with E-state index in [1.807, 2.05) is 6.92 Å². The molecule has 1 rings (SSSR count). The van der Waals surface area contributed by atoms with Gasteiger partial charge in [-0.2, -0.15) is 0 Å². The minimum absolute atomic E-state index is 0.175. The van der Waals surface area contributed by atoms with Gasteiger partial charge < -0.3 is 16.4 Å². The number of rotatable bonds is 6. The number of benzene rings is 1. The summed E-state index contributed by atoms with van der Waals surface area (Å²) in [6.45, 7) is 3.17. The van der Waals surface area contributed by atoms with Crippen molar-refractivity contribution in [3.05, 3.63) is 35.1 Å². The van der Waals surface area contributed by atoms with Crippen LogP contribution in [-0.4, -0.2) is 12.6 Å². The molecule has 0 spiro atoms. The van der Waals surface area contributed by atoms with Crippen LogP contribution >= 0.6 is 0 Å². The zero-order chi connectivity index (χ0) is 13.4. The van der Waals surface area contributed by atoms with Gasteiger partial charge in [0, 0.05) is 25.2 Å². The number of nitrogens with two attached hydrogens (primary N) is 1. The molecule has 2 amide bonds. The first-order chi connectivity index (χ1) is 8.67. The highest BCUT2D eigenvalue weighted by atomic mass is 19.1. The summed E-state index contributed by atoms with van der Waals surface area (Å²) in [6.07, 6.45) is 1.96. The van der Waals surface area contributed by atoms with Crippen molar-refractivity contribution < 1.29 is 9.18 Å². The fourth-order valence-corrected chi connectivity index (χ4v) is 1.48. The molecule has 0 atom stereocenters. The minimum Gasteiger partial charge on any atom is -0.338 e. The van der Waals surface area contributed by atoms with Gasteiger partial charge in [0.25, 0.3) is 0 Å². The number of hydrogen-bond acceptors (Lipinski definition) is 2. The fourth-order valence-electron chi connectivity index (χ4n) is 1.48. The topological polar surface area (TPSA) is 67.2 Å². The molecule has 0 fully saturated rings. The van der Waals surface area contributed by atoms with Crippen LogP contribution in [0.1, 0.15) is 30.9 Å². The van der Waals surface area contributed by atoms with E-state index in [4.69, 9.17) is 5.73 Å². The molecule has 4 nitrogen and oxygen atoms in total. The molecule has 5 heteroatoms. The Hall–Kier alpha value is -1.62. The van der Waals surface area contributed by atoms with Crippen molar-refractivity contribution in [2.75, 3.05) is 6.54 Å². The third kappa shape index (κ3) is 4.71. The second-order valence-corrected chi connectivity index (χ2v) is 4.09. The van der Waals surface area contributed by atoms with Crippen molar-refractivity contribution in [2.24, 2.45) is 5.73 Å². The van der Waals surface area contributed by atoms with Crippen LogP contribution in [0.2, 0.25) is 0 Å². The Morgan fingerprint density at radius 2 is 2.17 bits per heavy atom. The largest absolute Gasteiger partial charge is 0.338 e. The van der Waals surface area contributed by atoms with Crippen LogP contribution in [0.15, 0.2) is 18.2 Å². The van der Waals surface area contributed by atoms with Crippen LogP contribution in [0.25, 0.3) is 0 Å². The monoisotopic (exact) mass is 253 g/mol. The van der Waals surface area contributed by atoms with Gasteiger partial charge in [0.2, 0.25) is 0 Å². The first-order valence-corrected chi connectivity index (χ1v) is 6.16. The average Bonchev–Trinajstić information content (AvgIpc) is 2.37. The van der Waals surface area contributed by atoms with Crippen molar-refractivity contribution in [3.63, 3.8) is 0 Å². The van der Waals surface area contributed by atoms with Gasteiger partial charge in [-0.05, 0) is 18.1 Å². The molecular formula is C13H20FN3O. The summed E-state index contributed by atoms with van der Waals surface area (Å²) in [7, 11) is 0. The van der Waals surface area contributed by atoms with E-state index in [0.29, 0.717) is 18.7 Å². The van der Waals surface area contributed by atoms with Gasteiger partial charge in [-0.3, -0.25) is 0 Å². The molecule has 0 aliphatic heterocycles. The fraction of sp³-hybridized carbons (Fsp3) is 0.462. The Balaban J connectivity index is 2.41. The van der Waals surface area contributed by atoms with Gasteiger partial charge in [0.05, 0.1) is 0 Å². The molecule has 0 aromatic heterocycles. The molecule has 1 aromatic rings. The molecule has 0 aliphatic carbocycles. The Labute approximate surface area is 107 Å². The lowest BCUT2D eigenvalue weighted by Gasteiger charge is -2.08. The number of carbonyl (C=O) groups is 1. The van der Waals surface area contributed by atoms with Crippen LogP contribution in [-0.2, 0) is 13.1 Å². The molecule has 100 valence electrons. The van der Waals surface area contributed by atoms with E-state index in [9.17, 15) is 9.18 Å². The second-order valence-electron chi connectivity index (χ2n) is 4.09. The molecule has 0 saturated carbocycles. The summed E-state index contributed by atoms with van der Waals surface area (Å²) in [5, 5.41) is 5.32. The van der Waals surface area contributed by atoms with Gasteiger partial charge >= 0.3 is 6.03 Å². The molecule has 4 N–H and O–H groups in total. The summed E-state index contributed by atoms with van der Waals surface area (Å²) < 4.78 is 13.6. The van der Waals surface area contributed by atoms with Crippen LogP contribution in [0.4, 0.5) is 9.18 Å². The maximum Gasteiger partial charge on any atom is 0.315 e. The summed E-state index contributed by atoms with van der Waals surface area (Å²) in [6, 6.07) is 4.52. The maximum atomic E-state index is 13.6. The zero-order valence-corrected chi connectivity index (χ0v) is 10.6. The molecule has 0 heterocycles. The zero-order valence-electron chi connectivity index (χ0n) is 10.6. The molecule has 0 unspecified atom stereocenters. The van der Waals surface area contributed by atoms with Crippen molar-refractivity contribution >= 4 is 6.03 Å². The standard InChI is InChI=1S/C13H20FN3O/c1-2-3-6-16-13(18)17-9-11-5-4-10(8-15)7-12(11)14/h4-5,7H,2-3,6,8-9,15H2,1H3,(H2,16,17,18). The van der Waals surface area contributed by atoms with E-state index >= 15 is 0 Å². The van der Waals surface area contributed by atoms with Crippen LogP contribution < -0.4 is 16.4 Å². The summed E-state index contributed by atoms with van der Waals surface area (Å²) >= 11 is 0. The second kappa shape index (κ2) is 7.66. The SMILES string of the molecule is CCCCNC(=O)NCc1ccc(CN)cc1F. The number of hydrogen-bond donors (Lipinski definition) is 3. The molecule has 0 saturated heterocycles. The lowest BCUT2D eigenvalue weighted by atomic mass is 10.1. The Morgan fingerprint density at radius 3 is 2.78 bits per heavy atom. The van der Waals surface area contributed by atoms with Gasteiger partial charge in [-0.15, -0.1) is 0 Å². The van der Waals surface area contributed by atoms with E-state index < -0.39 is 0 Å². The Morgan fingerprint density at radius 1 is 1.39 bits per heavy atom. The average molecular weight is 253 g/mol. The molecule has 18 heavy (non-hydrogen) atoms. The Bertz CT molecular complexity index is 396. The molecule has 1 aromatic carbocycles. The van der Waals surface area contributed by atoms with E-state index in [-0.39, 0.29) is 18.4 Å². The Kier molecular flexibility index (Phi) is 6.14. The number of carbonyl (C=O) groups excluding carboxylic acids is 1. The van der Waals surface area contributed by atoms with E-state index in [0.717, 1.165) is 18.4 Å². The third-order valence-corrected chi connectivity index (χ3v) is 2.61. The smallest absolute Gasteiger partial charge is 0.315 e. The lowest BCUT2D eigenvalue weighted by Crippen LogP contribution is -2.35. The number of nitrogens with one attached hydrogen (secondary N) is 2. The van der Waals surface area contributed by atoms with Gasteiger partial charge in [-0.25, -0.2) is 9.18 Å². The van der Waals surface area contributed by atoms with Gasteiger partial charge in [0.1, 0.15) is 5.82 Å². The number of urea groups is 1. The van der Waals surface area contributed by atoms with Crippen molar-refractivity contribution in [1.29, 1.82) is 0 Å². The highest BCUT2D eigenvalue weighted by Crippen LogP contribution is 2.09. The maximum absolute atomic E-state index is 13.6. The molecule has 0 radical (unpaired) electrons. The van der Waals surface area contributed by atoms with Crippen molar-refractivity contribution in [1.82, 2.24) is 10.6 Å². The van der Waals surface area contributed by atoms with E-state index in [1.165, 1.54) is 6.07 Å². The van der Waals surface area contributed by atoms with Crippen LogP contribution in [0, 0.1) is 5.82 Å². The highest BCUT2D eigenvalue weighted by Gasteiger charge is 2.05. The highest BCUT2D eigenvalue weighted by molar-refractivity contribution is 5.73. The molecule has 0 bridgehead atoms. The quantitative estimate of drug-likeness (QED) is 0.678. The number of amides is 2. The number of unbranched alkanes of at least 4 members (excludes halogenated alkanes) is 1. The summed E-state index contributed by atoms with van der Waals surface area (Å²) in [5.41, 5.74) is 6.61. The first kappa shape index (κ1) is 14.4. The molecular weight excluding hydrogens is 233 g/mol. The van der Waals surface area contributed by atoms with Gasteiger partial charge in [0.15, 0.2) is 0 Å². The summed E-state index contributed by atoms with van der Waals surface area (Å²) in [4.78, 5) is 11.4. The van der Waals surface area contributed by atoms with E-state index in [1.54, 1.807) is 12.1 Å². The first-order valence-electron chi connectivity index (χ1n) is 6.16. The van der Waals surface area contributed by atoms with Crippen LogP contribution in [0.3, 0.4) is 0 Å². The normalized spacial score (nSPS) is 10.2. The van der Waals surface area contributed by atoms with E-state index in [2.05, 4.69) is 10.6 Å². The lowest BCUT2D eigenvalue weighted by molar-refractivity contribution is 0.240. The predicted molar refractivity (Wildman–Crippen MR) is 69.4 cm³/mol. The summed E-state index contributed by atoms with van der Waals surface area (Å²) in [5.74, 6) is -0.341. The van der Waals surface area contributed by atoms with Crippen LogP contribution in [0.5, 0.6) is 0 Å². The van der Waals surface area contributed by atoms with Gasteiger partial charge in [-0.1, -0.05) is 25.5 Å². The third-order valence-electron chi connectivity index (χ3n) is 2.61. The number of halogens is 1.